The van der Waals surface area contributed by atoms with Gasteiger partial charge in [-0.2, -0.15) is 0 Å². The molecule has 2 aromatic rings. The van der Waals surface area contributed by atoms with Gasteiger partial charge in [0.25, 0.3) is 0 Å². The summed E-state index contributed by atoms with van der Waals surface area (Å²) in [4.78, 5) is 12.4. The molecule has 2 aromatic heterocycles. The SMILES string of the molecule is O=C(c1ccoc1)c1cc(Br)cs1. The van der Waals surface area contributed by atoms with Gasteiger partial charge in [0.2, 0.25) is 5.78 Å². The van der Waals surface area contributed by atoms with Gasteiger partial charge in [0.05, 0.1) is 16.7 Å². The fraction of sp³-hybridized carbons (Fsp3) is 0. The van der Waals surface area contributed by atoms with Gasteiger partial charge in [0, 0.05) is 9.85 Å². The number of ketones is 1. The molecule has 0 fully saturated rings. The molecule has 0 saturated heterocycles. The highest BCUT2D eigenvalue weighted by molar-refractivity contribution is 9.10. The second kappa shape index (κ2) is 3.47. The number of carbonyl (C=O) groups is 1. The first kappa shape index (κ1) is 8.72. The van der Waals surface area contributed by atoms with Crippen LogP contribution >= 0.6 is 27.3 Å². The van der Waals surface area contributed by atoms with E-state index in [0.717, 1.165) is 4.47 Å². The number of hydrogen-bond acceptors (Lipinski definition) is 3. The molecule has 13 heavy (non-hydrogen) atoms. The van der Waals surface area contributed by atoms with Gasteiger partial charge in [-0.05, 0) is 28.1 Å². The highest BCUT2D eigenvalue weighted by Crippen LogP contribution is 2.22. The quantitative estimate of drug-likeness (QED) is 0.772. The van der Waals surface area contributed by atoms with Crippen molar-refractivity contribution >= 4 is 33.0 Å². The van der Waals surface area contributed by atoms with Gasteiger partial charge in [-0.25, -0.2) is 0 Å². The molecule has 0 spiro atoms. The summed E-state index contributed by atoms with van der Waals surface area (Å²) >= 11 is 4.72. The van der Waals surface area contributed by atoms with E-state index < -0.39 is 0 Å². The molecule has 66 valence electrons. The number of rotatable bonds is 2. The normalized spacial score (nSPS) is 10.2. The van der Waals surface area contributed by atoms with Crippen molar-refractivity contribution in [3.63, 3.8) is 0 Å². The predicted octanol–water partition coefficient (Wildman–Crippen LogP) is 3.33. The van der Waals surface area contributed by atoms with Crippen molar-refractivity contribution in [2.24, 2.45) is 0 Å². The van der Waals surface area contributed by atoms with Gasteiger partial charge < -0.3 is 4.42 Å². The summed E-state index contributed by atoms with van der Waals surface area (Å²) in [5.41, 5.74) is 0.592. The van der Waals surface area contributed by atoms with Crippen molar-refractivity contribution in [1.82, 2.24) is 0 Å². The molecular formula is C9H5BrO2S. The second-order valence-electron chi connectivity index (χ2n) is 2.47. The Labute approximate surface area is 87.3 Å². The van der Waals surface area contributed by atoms with Gasteiger partial charge in [-0.3, -0.25) is 4.79 Å². The maximum atomic E-state index is 11.7. The van der Waals surface area contributed by atoms with Crippen molar-refractivity contribution in [3.05, 3.63) is 45.0 Å². The van der Waals surface area contributed by atoms with Gasteiger partial charge >= 0.3 is 0 Å². The molecule has 0 unspecified atom stereocenters. The van der Waals surface area contributed by atoms with E-state index in [0.29, 0.717) is 10.4 Å². The summed E-state index contributed by atoms with van der Waals surface area (Å²) in [5.74, 6) is 0.00412. The Balaban J connectivity index is 2.33. The molecule has 2 nitrogen and oxygen atoms in total. The third-order valence-corrected chi connectivity index (χ3v) is 3.26. The molecular weight excluding hydrogens is 252 g/mol. The van der Waals surface area contributed by atoms with E-state index in [1.807, 2.05) is 5.38 Å². The minimum absolute atomic E-state index is 0.00412. The summed E-state index contributed by atoms with van der Waals surface area (Å²) in [6.07, 6.45) is 2.95. The average molecular weight is 257 g/mol. The molecule has 0 aromatic carbocycles. The van der Waals surface area contributed by atoms with Crippen LogP contribution in [0.25, 0.3) is 0 Å². The zero-order chi connectivity index (χ0) is 9.26. The lowest BCUT2D eigenvalue weighted by Crippen LogP contribution is -1.95. The molecule has 0 saturated carbocycles. The van der Waals surface area contributed by atoms with Gasteiger partial charge in [0.15, 0.2) is 0 Å². The average Bonchev–Trinajstić information content (AvgIpc) is 2.72. The molecule has 0 aliphatic heterocycles. The van der Waals surface area contributed by atoms with Crippen molar-refractivity contribution in [3.8, 4) is 0 Å². The van der Waals surface area contributed by atoms with E-state index in [4.69, 9.17) is 4.42 Å². The maximum Gasteiger partial charge on any atom is 0.206 e. The van der Waals surface area contributed by atoms with Crippen LogP contribution in [0.4, 0.5) is 0 Å². The standard InChI is InChI=1S/C9H5BrO2S/c10-7-3-8(13-5-7)9(11)6-1-2-12-4-6/h1-5H. The van der Waals surface area contributed by atoms with Crippen LogP contribution in [-0.4, -0.2) is 5.78 Å². The number of hydrogen-bond donors (Lipinski definition) is 0. The van der Waals surface area contributed by atoms with Crippen molar-refractivity contribution in [2.45, 2.75) is 0 Å². The van der Waals surface area contributed by atoms with Crippen LogP contribution in [-0.2, 0) is 0 Å². The van der Waals surface area contributed by atoms with E-state index in [2.05, 4.69) is 15.9 Å². The predicted molar refractivity (Wildman–Crippen MR) is 54.2 cm³/mol. The fourth-order valence-electron chi connectivity index (χ4n) is 0.968. The monoisotopic (exact) mass is 256 g/mol. The van der Waals surface area contributed by atoms with Crippen LogP contribution in [0.15, 0.2) is 38.9 Å². The van der Waals surface area contributed by atoms with E-state index in [1.54, 1.807) is 12.1 Å². The van der Waals surface area contributed by atoms with Crippen LogP contribution in [0.1, 0.15) is 15.2 Å². The number of carbonyl (C=O) groups excluding carboxylic acids is 1. The molecule has 0 bridgehead atoms. The molecule has 2 rings (SSSR count). The highest BCUT2D eigenvalue weighted by Gasteiger charge is 2.11. The van der Waals surface area contributed by atoms with Crippen molar-refractivity contribution < 1.29 is 9.21 Å². The Kier molecular flexibility index (Phi) is 2.33. The summed E-state index contributed by atoms with van der Waals surface area (Å²) in [6, 6.07) is 3.47. The lowest BCUT2D eigenvalue weighted by Gasteiger charge is -1.89. The summed E-state index contributed by atoms with van der Waals surface area (Å²) in [6.45, 7) is 0. The summed E-state index contributed by atoms with van der Waals surface area (Å²) < 4.78 is 5.77. The molecule has 4 heteroatoms. The first-order valence-electron chi connectivity index (χ1n) is 3.58. The first-order valence-corrected chi connectivity index (χ1v) is 5.25. The Hall–Kier alpha value is -0.870. The second-order valence-corrected chi connectivity index (χ2v) is 4.30. The first-order chi connectivity index (χ1) is 6.27. The van der Waals surface area contributed by atoms with E-state index in [1.165, 1.54) is 23.9 Å². The molecule has 0 aliphatic carbocycles. The smallest absolute Gasteiger partial charge is 0.206 e. The lowest BCUT2D eigenvalue weighted by atomic mass is 10.2. The van der Waals surface area contributed by atoms with Crippen LogP contribution < -0.4 is 0 Å². The number of thiophene rings is 1. The summed E-state index contributed by atoms with van der Waals surface area (Å²) in [7, 11) is 0. The Morgan fingerprint density at radius 3 is 2.92 bits per heavy atom. The van der Waals surface area contributed by atoms with Gasteiger partial charge in [0.1, 0.15) is 6.26 Å². The van der Waals surface area contributed by atoms with Crippen LogP contribution in [0.5, 0.6) is 0 Å². The maximum absolute atomic E-state index is 11.7. The molecule has 0 atom stereocenters. The zero-order valence-electron chi connectivity index (χ0n) is 6.49. The van der Waals surface area contributed by atoms with Crippen molar-refractivity contribution in [2.75, 3.05) is 0 Å². The van der Waals surface area contributed by atoms with Gasteiger partial charge in [-0.15, -0.1) is 11.3 Å². The third-order valence-electron chi connectivity index (χ3n) is 1.57. The largest absolute Gasteiger partial charge is 0.472 e. The minimum atomic E-state index is 0.00412. The zero-order valence-corrected chi connectivity index (χ0v) is 8.89. The number of furan rings is 1. The van der Waals surface area contributed by atoms with E-state index in [-0.39, 0.29) is 5.78 Å². The van der Waals surface area contributed by atoms with Crippen LogP contribution in [0.3, 0.4) is 0 Å². The molecule has 0 radical (unpaired) electrons. The van der Waals surface area contributed by atoms with Crippen LogP contribution in [0.2, 0.25) is 0 Å². The third kappa shape index (κ3) is 1.73. The Morgan fingerprint density at radius 1 is 1.54 bits per heavy atom. The fourth-order valence-corrected chi connectivity index (χ4v) is 2.36. The van der Waals surface area contributed by atoms with Crippen LogP contribution in [0, 0.1) is 0 Å². The van der Waals surface area contributed by atoms with Crippen molar-refractivity contribution in [1.29, 1.82) is 0 Å². The van der Waals surface area contributed by atoms with E-state index >= 15 is 0 Å². The lowest BCUT2D eigenvalue weighted by molar-refractivity contribution is 0.104. The highest BCUT2D eigenvalue weighted by atomic mass is 79.9. The molecule has 0 aliphatic rings. The topological polar surface area (TPSA) is 30.2 Å². The molecule has 0 amide bonds. The van der Waals surface area contributed by atoms with E-state index in [9.17, 15) is 4.79 Å². The summed E-state index contributed by atoms with van der Waals surface area (Å²) in [5, 5.41) is 1.88. The van der Waals surface area contributed by atoms with Gasteiger partial charge in [-0.1, -0.05) is 0 Å². The minimum Gasteiger partial charge on any atom is -0.472 e. The molecule has 2 heterocycles. The Bertz CT molecular complexity index is 417. The molecule has 0 N–H and O–H groups in total. The number of halogens is 1. The Morgan fingerprint density at radius 2 is 2.38 bits per heavy atom.